The van der Waals surface area contributed by atoms with E-state index >= 15 is 0 Å². The predicted octanol–water partition coefficient (Wildman–Crippen LogP) is 2.49. The summed E-state index contributed by atoms with van der Waals surface area (Å²) >= 11 is 1.43. The van der Waals surface area contributed by atoms with Crippen LogP contribution in [0.25, 0.3) is 0 Å². The van der Waals surface area contributed by atoms with Crippen molar-refractivity contribution >= 4 is 28.3 Å². The third kappa shape index (κ3) is 4.42. The number of hydrogen-bond donors (Lipinski definition) is 2. The molecule has 0 aromatic carbocycles. The number of nitrogens with zero attached hydrogens (tertiary/aromatic N) is 3. The van der Waals surface area contributed by atoms with E-state index in [-0.39, 0.29) is 6.03 Å². The highest BCUT2D eigenvalue weighted by atomic mass is 32.1. The van der Waals surface area contributed by atoms with Gasteiger partial charge < -0.3 is 10.2 Å². The minimum atomic E-state index is -0.254. The number of amides is 2. The molecule has 2 amide bonds. The summed E-state index contributed by atoms with van der Waals surface area (Å²) in [6.07, 6.45) is 2.60. The Morgan fingerprint density at radius 2 is 2.24 bits per heavy atom. The van der Waals surface area contributed by atoms with Gasteiger partial charge in [0.25, 0.3) is 0 Å². The number of thiazole rings is 1. The van der Waals surface area contributed by atoms with Gasteiger partial charge in [-0.25, -0.2) is 14.8 Å². The van der Waals surface area contributed by atoms with Crippen molar-refractivity contribution in [3.8, 4) is 0 Å². The van der Waals surface area contributed by atoms with Gasteiger partial charge in [0.2, 0.25) is 0 Å². The second-order valence-electron chi connectivity index (χ2n) is 4.72. The standard InChI is InChI=1S/C14H19N5OS/c1-4-11-9-21-14(17-11)18-13(20)16-8-10-5-6-15-12(7-10)19(2)3/h5-7,9H,4,8H2,1-3H3,(H2,16,17,18,20). The first kappa shape index (κ1) is 15.2. The van der Waals surface area contributed by atoms with Crippen molar-refractivity contribution in [2.45, 2.75) is 19.9 Å². The maximum Gasteiger partial charge on any atom is 0.321 e. The fourth-order valence-corrected chi connectivity index (χ4v) is 2.45. The van der Waals surface area contributed by atoms with E-state index in [9.17, 15) is 4.79 Å². The molecule has 0 unspecified atom stereocenters. The second-order valence-corrected chi connectivity index (χ2v) is 5.58. The van der Waals surface area contributed by atoms with Crippen molar-refractivity contribution in [2.75, 3.05) is 24.3 Å². The van der Waals surface area contributed by atoms with Gasteiger partial charge in [-0.1, -0.05) is 6.92 Å². The van der Waals surface area contributed by atoms with Gasteiger partial charge in [0, 0.05) is 32.2 Å². The number of aromatic nitrogens is 2. The van der Waals surface area contributed by atoms with Crippen LogP contribution in [-0.4, -0.2) is 30.1 Å². The van der Waals surface area contributed by atoms with Gasteiger partial charge in [-0.15, -0.1) is 11.3 Å². The van der Waals surface area contributed by atoms with E-state index < -0.39 is 0 Å². The lowest BCUT2D eigenvalue weighted by Gasteiger charge is -2.12. The molecule has 0 fully saturated rings. The van der Waals surface area contributed by atoms with Crippen molar-refractivity contribution in [2.24, 2.45) is 0 Å². The lowest BCUT2D eigenvalue weighted by atomic mass is 10.2. The molecule has 0 bridgehead atoms. The summed E-state index contributed by atoms with van der Waals surface area (Å²) in [7, 11) is 3.86. The molecule has 0 saturated carbocycles. The Morgan fingerprint density at radius 1 is 1.43 bits per heavy atom. The third-order valence-corrected chi connectivity index (χ3v) is 3.66. The molecule has 2 aromatic heterocycles. The number of urea groups is 1. The summed E-state index contributed by atoms with van der Waals surface area (Å²) in [5.74, 6) is 0.863. The summed E-state index contributed by atoms with van der Waals surface area (Å²) in [5.41, 5.74) is 1.98. The molecule has 0 spiro atoms. The Morgan fingerprint density at radius 3 is 2.90 bits per heavy atom. The van der Waals surface area contributed by atoms with Gasteiger partial charge in [-0.2, -0.15) is 0 Å². The molecule has 0 saturated heterocycles. The predicted molar refractivity (Wildman–Crippen MR) is 85.9 cm³/mol. The molecule has 7 heteroatoms. The molecule has 112 valence electrons. The SMILES string of the molecule is CCc1csc(NC(=O)NCc2ccnc(N(C)C)c2)n1. The zero-order valence-electron chi connectivity index (χ0n) is 12.4. The molecule has 21 heavy (non-hydrogen) atoms. The van der Waals surface area contributed by atoms with Crippen LogP contribution in [0.2, 0.25) is 0 Å². The monoisotopic (exact) mass is 305 g/mol. The zero-order valence-corrected chi connectivity index (χ0v) is 13.2. The van der Waals surface area contributed by atoms with E-state index in [2.05, 4.69) is 20.6 Å². The van der Waals surface area contributed by atoms with E-state index in [0.29, 0.717) is 11.7 Å². The molecule has 2 N–H and O–H groups in total. The number of carbonyl (C=O) groups is 1. The van der Waals surface area contributed by atoms with E-state index in [4.69, 9.17) is 0 Å². The zero-order chi connectivity index (χ0) is 15.2. The van der Waals surface area contributed by atoms with Gasteiger partial charge in [0.1, 0.15) is 5.82 Å². The van der Waals surface area contributed by atoms with Gasteiger partial charge >= 0.3 is 6.03 Å². The Hall–Kier alpha value is -2.15. The van der Waals surface area contributed by atoms with Gasteiger partial charge in [-0.3, -0.25) is 5.32 Å². The number of carbonyl (C=O) groups excluding carboxylic acids is 1. The van der Waals surface area contributed by atoms with Crippen LogP contribution in [0.15, 0.2) is 23.7 Å². The summed E-state index contributed by atoms with van der Waals surface area (Å²) in [6.45, 7) is 2.48. The lowest BCUT2D eigenvalue weighted by Crippen LogP contribution is -2.28. The first-order valence-corrected chi connectivity index (χ1v) is 7.58. The Labute approximate surface area is 128 Å². The van der Waals surface area contributed by atoms with Gasteiger partial charge in [0.05, 0.1) is 5.69 Å². The van der Waals surface area contributed by atoms with Crippen LogP contribution in [0.3, 0.4) is 0 Å². The lowest BCUT2D eigenvalue weighted by molar-refractivity contribution is 0.251. The molecule has 0 aliphatic heterocycles. The highest BCUT2D eigenvalue weighted by molar-refractivity contribution is 7.13. The van der Waals surface area contributed by atoms with E-state index in [1.807, 2.05) is 43.4 Å². The fraction of sp³-hybridized carbons (Fsp3) is 0.357. The molecule has 0 radical (unpaired) electrons. The van der Waals surface area contributed by atoms with Crippen molar-refractivity contribution in [1.82, 2.24) is 15.3 Å². The van der Waals surface area contributed by atoms with Crippen LogP contribution in [0.1, 0.15) is 18.2 Å². The van der Waals surface area contributed by atoms with Crippen molar-refractivity contribution in [1.29, 1.82) is 0 Å². The third-order valence-electron chi connectivity index (χ3n) is 2.86. The number of hydrogen-bond acceptors (Lipinski definition) is 5. The van der Waals surface area contributed by atoms with Crippen LogP contribution in [-0.2, 0) is 13.0 Å². The van der Waals surface area contributed by atoms with E-state index in [0.717, 1.165) is 23.5 Å². The Balaban J connectivity index is 1.87. The molecule has 0 aliphatic carbocycles. The number of pyridine rings is 1. The Kier molecular flexibility index (Phi) is 5.10. The normalized spacial score (nSPS) is 10.2. The first-order chi connectivity index (χ1) is 10.1. The second kappa shape index (κ2) is 7.03. The van der Waals surface area contributed by atoms with E-state index in [1.165, 1.54) is 11.3 Å². The highest BCUT2D eigenvalue weighted by Crippen LogP contribution is 2.15. The Bertz CT molecular complexity index is 611. The minimum absolute atomic E-state index is 0.254. The van der Waals surface area contributed by atoms with E-state index in [1.54, 1.807) is 6.20 Å². The molecule has 6 nitrogen and oxygen atoms in total. The van der Waals surface area contributed by atoms with Crippen LogP contribution in [0.4, 0.5) is 15.7 Å². The van der Waals surface area contributed by atoms with Crippen molar-refractivity contribution in [3.63, 3.8) is 0 Å². The number of rotatable bonds is 5. The quantitative estimate of drug-likeness (QED) is 0.890. The summed E-state index contributed by atoms with van der Waals surface area (Å²) < 4.78 is 0. The van der Waals surface area contributed by atoms with Gasteiger partial charge in [0.15, 0.2) is 5.13 Å². The molecule has 0 atom stereocenters. The highest BCUT2D eigenvalue weighted by Gasteiger charge is 2.06. The molecule has 0 aliphatic rings. The molecule has 2 heterocycles. The van der Waals surface area contributed by atoms with Gasteiger partial charge in [-0.05, 0) is 24.1 Å². The maximum absolute atomic E-state index is 11.8. The van der Waals surface area contributed by atoms with Crippen LogP contribution in [0, 0.1) is 0 Å². The number of nitrogens with one attached hydrogen (secondary N) is 2. The van der Waals surface area contributed by atoms with Crippen molar-refractivity contribution in [3.05, 3.63) is 35.0 Å². The largest absolute Gasteiger partial charge is 0.363 e. The first-order valence-electron chi connectivity index (χ1n) is 6.70. The van der Waals surface area contributed by atoms with Crippen LogP contribution in [0.5, 0.6) is 0 Å². The smallest absolute Gasteiger partial charge is 0.321 e. The average molecular weight is 305 g/mol. The summed E-state index contributed by atoms with van der Waals surface area (Å²) in [6, 6.07) is 3.57. The molecular formula is C14H19N5OS. The fourth-order valence-electron chi connectivity index (χ4n) is 1.67. The molecule has 2 aromatic rings. The topological polar surface area (TPSA) is 70.2 Å². The average Bonchev–Trinajstić information content (AvgIpc) is 2.93. The molecule has 2 rings (SSSR count). The number of aryl methyl sites for hydroxylation is 1. The van der Waals surface area contributed by atoms with Crippen LogP contribution >= 0.6 is 11.3 Å². The van der Waals surface area contributed by atoms with Crippen LogP contribution < -0.4 is 15.5 Å². The minimum Gasteiger partial charge on any atom is -0.363 e. The number of anilines is 2. The summed E-state index contributed by atoms with van der Waals surface area (Å²) in [4.78, 5) is 22.3. The maximum atomic E-state index is 11.8. The molecular weight excluding hydrogens is 286 g/mol. The van der Waals surface area contributed by atoms with Crippen molar-refractivity contribution < 1.29 is 4.79 Å². The summed E-state index contributed by atoms with van der Waals surface area (Å²) in [5, 5.41) is 8.11.